The van der Waals surface area contributed by atoms with Crippen molar-refractivity contribution >= 4 is 12.6 Å². The van der Waals surface area contributed by atoms with E-state index >= 15 is 0 Å². The lowest BCUT2D eigenvalue weighted by Gasteiger charge is -2.12. The van der Waals surface area contributed by atoms with E-state index in [1.54, 1.807) is 0 Å². The lowest BCUT2D eigenvalue weighted by atomic mass is 9.96. The molecule has 0 spiro atoms. The predicted octanol–water partition coefficient (Wildman–Crippen LogP) is 3.55. The molecule has 0 fully saturated rings. The van der Waals surface area contributed by atoms with E-state index in [4.69, 9.17) is 0 Å². The van der Waals surface area contributed by atoms with Gasteiger partial charge in [0.05, 0.1) is 6.10 Å². The largest absolute Gasteiger partial charge is 0.388 e. The summed E-state index contributed by atoms with van der Waals surface area (Å²) < 4.78 is 0. The number of thiol groups is 1. The number of benzene rings is 1. The van der Waals surface area contributed by atoms with Crippen LogP contribution in [-0.4, -0.2) is 10.9 Å². The average molecular weight is 224 g/mol. The Morgan fingerprint density at radius 1 is 1.20 bits per heavy atom. The van der Waals surface area contributed by atoms with E-state index < -0.39 is 0 Å². The first-order valence-electron chi connectivity index (χ1n) is 5.57. The molecule has 2 heteroatoms. The van der Waals surface area contributed by atoms with E-state index in [1.807, 2.05) is 12.1 Å². The van der Waals surface area contributed by atoms with E-state index in [9.17, 15) is 5.11 Å². The van der Waals surface area contributed by atoms with Crippen LogP contribution in [0.1, 0.15) is 49.8 Å². The van der Waals surface area contributed by atoms with Gasteiger partial charge in [-0.3, -0.25) is 0 Å². The van der Waals surface area contributed by atoms with E-state index in [0.717, 1.165) is 12.0 Å². The third-order valence-corrected chi connectivity index (χ3v) is 3.16. The van der Waals surface area contributed by atoms with Gasteiger partial charge < -0.3 is 5.11 Å². The third-order valence-electron chi connectivity index (χ3n) is 2.91. The highest BCUT2D eigenvalue weighted by molar-refractivity contribution is 7.80. The SMILES string of the molecule is CCC(C)c1ccc(C(O)CCS)cc1. The van der Waals surface area contributed by atoms with Crippen molar-refractivity contribution in [2.24, 2.45) is 0 Å². The summed E-state index contributed by atoms with van der Waals surface area (Å²) in [6, 6.07) is 8.28. The fourth-order valence-corrected chi connectivity index (χ4v) is 1.82. The Balaban J connectivity index is 2.71. The summed E-state index contributed by atoms with van der Waals surface area (Å²) in [7, 11) is 0. The van der Waals surface area contributed by atoms with Gasteiger partial charge in [0, 0.05) is 0 Å². The minimum atomic E-state index is -0.367. The van der Waals surface area contributed by atoms with Crippen molar-refractivity contribution in [3.05, 3.63) is 35.4 Å². The van der Waals surface area contributed by atoms with Gasteiger partial charge in [0.1, 0.15) is 0 Å². The Labute approximate surface area is 97.9 Å². The zero-order chi connectivity index (χ0) is 11.3. The first kappa shape index (κ1) is 12.6. The van der Waals surface area contributed by atoms with E-state index in [-0.39, 0.29) is 6.10 Å². The average Bonchev–Trinajstić information content (AvgIpc) is 2.28. The maximum atomic E-state index is 9.76. The second-order valence-electron chi connectivity index (χ2n) is 4.00. The van der Waals surface area contributed by atoms with E-state index in [1.165, 1.54) is 5.56 Å². The van der Waals surface area contributed by atoms with Gasteiger partial charge in [0.2, 0.25) is 0 Å². The van der Waals surface area contributed by atoms with Gasteiger partial charge in [-0.05, 0) is 35.6 Å². The molecule has 0 aromatic heterocycles. The molecule has 0 aliphatic carbocycles. The van der Waals surface area contributed by atoms with E-state index in [0.29, 0.717) is 18.1 Å². The van der Waals surface area contributed by atoms with Gasteiger partial charge >= 0.3 is 0 Å². The number of hydrogen-bond donors (Lipinski definition) is 2. The van der Waals surface area contributed by atoms with Gasteiger partial charge in [0.25, 0.3) is 0 Å². The summed E-state index contributed by atoms with van der Waals surface area (Å²) >= 11 is 4.12. The Morgan fingerprint density at radius 2 is 1.73 bits per heavy atom. The molecule has 1 nitrogen and oxygen atoms in total. The first-order chi connectivity index (χ1) is 7.19. The fourth-order valence-electron chi connectivity index (χ4n) is 1.57. The molecule has 0 aliphatic rings. The summed E-state index contributed by atoms with van der Waals surface area (Å²) in [5.41, 5.74) is 2.34. The molecule has 0 amide bonds. The highest BCUT2D eigenvalue weighted by Crippen LogP contribution is 2.22. The molecular weight excluding hydrogens is 204 g/mol. The summed E-state index contributed by atoms with van der Waals surface area (Å²) in [6.45, 7) is 4.41. The molecular formula is C13H20OS. The van der Waals surface area contributed by atoms with Gasteiger partial charge in [0.15, 0.2) is 0 Å². The summed E-state index contributed by atoms with van der Waals surface area (Å²) in [4.78, 5) is 0. The Bertz CT molecular complexity index is 281. The molecule has 84 valence electrons. The van der Waals surface area contributed by atoms with Gasteiger partial charge in [-0.2, -0.15) is 12.6 Å². The zero-order valence-corrected chi connectivity index (χ0v) is 10.4. The molecule has 2 unspecified atom stereocenters. The second kappa shape index (κ2) is 6.19. The van der Waals surface area contributed by atoms with Crippen LogP contribution in [-0.2, 0) is 0 Å². The van der Waals surface area contributed by atoms with Crippen LogP contribution in [0.5, 0.6) is 0 Å². The normalized spacial score (nSPS) is 14.9. The standard InChI is InChI=1S/C13H20OS/c1-3-10(2)11-4-6-12(7-5-11)13(14)8-9-15/h4-7,10,13-15H,3,8-9H2,1-2H3. The molecule has 0 heterocycles. The molecule has 1 rings (SSSR count). The molecule has 0 bridgehead atoms. The summed E-state index contributed by atoms with van der Waals surface area (Å²) in [5, 5.41) is 9.76. The number of aliphatic hydroxyl groups is 1. The van der Waals surface area contributed by atoms with Crippen LogP contribution in [0, 0.1) is 0 Å². The highest BCUT2D eigenvalue weighted by Gasteiger charge is 2.07. The molecule has 0 radical (unpaired) electrons. The van der Waals surface area contributed by atoms with Crippen molar-refractivity contribution in [2.75, 3.05) is 5.75 Å². The molecule has 1 aromatic rings. The maximum absolute atomic E-state index is 9.76. The number of aliphatic hydroxyl groups excluding tert-OH is 1. The smallest absolute Gasteiger partial charge is 0.0797 e. The second-order valence-corrected chi connectivity index (χ2v) is 4.45. The van der Waals surface area contributed by atoms with Crippen LogP contribution in [0.2, 0.25) is 0 Å². The zero-order valence-electron chi connectivity index (χ0n) is 9.48. The molecule has 1 N–H and O–H groups in total. The minimum absolute atomic E-state index is 0.367. The molecule has 15 heavy (non-hydrogen) atoms. The van der Waals surface area contributed by atoms with Gasteiger partial charge in [-0.1, -0.05) is 38.1 Å². The van der Waals surface area contributed by atoms with Crippen molar-refractivity contribution in [3.63, 3.8) is 0 Å². The van der Waals surface area contributed by atoms with Crippen LogP contribution in [0.3, 0.4) is 0 Å². The van der Waals surface area contributed by atoms with Gasteiger partial charge in [-0.25, -0.2) is 0 Å². The molecule has 0 saturated carbocycles. The van der Waals surface area contributed by atoms with Crippen molar-refractivity contribution in [3.8, 4) is 0 Å². The van der Waals surface area contributed by atoms with Crippen molar-refractivity contribution in [1.82, 2.24) is 0 Å². The fraction of sp³-hybridized carbons (Fsp3) is 0.538. The Morgan fingerprint density at radius 3 is 2.20 bits per heavy atom. The monoisotopic (exact) mass is 224 g/mol. The van der Waals surface area contributed by atoms with Crippen molar-refractivity contribution < 1.29 is 5.11 Å². The van der Waals surface area contributed by atoms with Crippen molar-refractivity contribution in [1.29, 1.82) is 0 Å². The van der Waals surface area contributed by atoms with Crippen molar-refractivity contribution in [2.45, 2.75) is 38.7 Å². The molecule has 0 saturated heterocycles. The molecule has 1 aromatic carbocycles. The first-order valence-corrected chi connectivity index (χ1v) is 6.21. The van der Waals surface area contributed by atoms with Crippen LogP contribution in [0.15, 0.2) is 24.3 Å². The van der Waals surface area contributed by atoms with Crippen LogP contribution >= 0.6 is 12.6 Å². The number of rotatable bonds is 5. The lowest BCUT2D eigenvalue weighted by molar-refractivity contribution is 0.175. The predicted molar refractivity (Wildman–Crippen MR) is 68.6 cm³/mol. The Kier molecular flexibility index (Phi) is 5.20. The summed E-state index contributed by atoms with van der Waals surface area (Å²) in [6.07, 6.45) is 1.50. The van der Waals surface area contributed by atoms with Crippen LogP contribution in [0.25, 0.3) is 0 Å². The minimum Gasteiger partial charge on any atom is -0.388 e. The van der Waals surface area contributed by atoms with Crippen LogP contribution < -0.4 is 0 Å². The van der Waals surface area contributed by atoms with E-state index in [2.05, 4.69) is 38.6 Å². The summed E-state index contributed by atoms with van der Waals surface area (Å²) in [5.74, 6) is 1.31. The highest BCUT2D eigenvalue weighted by atomic mass is 32.1. The Hall–Kier alpha value is -0.470. The third kappa shape index (κ3) is 3.54. The maximum Gasteiger partial charge on any atom is 0.0797 e. The van der Waals surface area contributed by atoms with Crippen LogP contribution in [0.4, 0.5) is 0 Å². The number of hydrogen-bond acceptors (Lipinski definition) is 2. The topological polar surface area (TPSA) is 20.2 Å². The van der Waals surface area contributed by atoms with Gasteiger partial charge in [-0.15, -0.1) is 0 Å². The lowest BCUT2D eigenvalue weighted by Crippen LogP contribution is -1.99. The molecule has 0 aliphatic heterocycles. The quantitative estimate of drug-likeness (QED) is 0.733. The molecule has 2 atom stereocenters.